The van der Waals surface area contributed by atoms with Gasteiger partial charge in [-0.1, -0.05) is 66.7 Å². The summed E-state index contributed by atoms with van der Waals surface area (Å²) < 4.78 is 0. The van der Waals surface area contributed by atoms with Crippen LogP contribution in [0.3, 0.4) is 0 Å². The van der Waals surface area contributed by atoms with Crippen molar-refractivity contribution in [1.29, 1.82) is 0 Å². The van der Waals surface area contributed by atoms with Crippen molar-refractivity contribution in [2.75, 3.05) is 11.5 Å². The quantitative estimate of drug-likeness (QED) is 0.137. The van der Waals surface area contributed by atoms with Gasteiger partial charge in [0.15, 0.2) is 0 Å². The number of fused-ring (bicyclic) bond motifs is 6. The van der Waals surface area contributed by atoms with Crippen LogP contribution in [-0.4, -0.2) is 0 Å². The lowest BCUT2D eigenvalue weighted by Gasteiger charge is -2.27. The fraction of sp³-hybridized carbons (Fsp3) is 0.0588. The van der Waals surface area contributed by atoms with E-state index in [1.165, 1.54) is 87.6 Å². The first-order chi connectivity index (χ1) is 17.7. The SMILES string of the molecule is Nc1ccc2c(c1)-c1ccc3c4ccc5c6c(ccc(c7ccc(c1c73)C2)c64)Cc1c(N)cccc1-5. The van der Waals surface area contributed by atoms with Crippen molar-refractivity contribution < 1.29 is 0 Å². The van der Waals surface area contributed by atoms with Gasteiger partial charge in [0.05, 0.1) is 0 Å². The van der Waals surface area contributed by atoms with Crippen molar-refractivity contribution >= 4 is 54.5 Å². The molecule has 168 valence electrons. The Bertz CT molecular complexity index is 2030. The molecule has 0 heterocycles. The van der Waals surface area contributed by atoms with Gasteiger partial charge in [0.25, 0.3) is 0 Å². The Morgan fingerprint density at radius 3 is 1.72 bits per heavy atom. The Kier molecular flexibility index (Phi) is 3.21. The van der Waals surface area contributed by atoms with Gasteiger partial charge < -0.3 is 11.5 Å². The maximum absolute atomic E-state index is 6.42. The van der Waals surface area contributed by atoms with Gasteiger partial charge in [-0.25, -0.2) is 0 Å². The first kappa shape index (κ1) is 18.7. The van der Waals surface area contributed by atoms with Crippen molar-refractivity contribution in [2.24, 2.45) is 0 Å². The molecule has 2 heteroatoms. The minimum Gasteiger partial charge on any atom is -0.399 e. The third kappa shape index (κ3) is 2.10. The van der Waals surface area contributed by atoms with Crippen LogP contribution < -0.4 is 11.5 Å². The van der Waals surface area contributed by atoms with Gasteiger partial charge in [-0.05, 0) is 112 Å². The first-order valence-electron chi connectivity index (χ1n) is 12.6. The lowest BCUT2D eigenvalue weighted by molar-refractivity contribution is 1.20. The van der Waals surface area contributed by atoms with Crippen LogP contribution >= 0.6 is 0 Å². The number of hydrogen-bond donors (Lipinski definition) is 2. The Labute approximate surface area is 208 Å². The molecule has 36 heavy (non-hydrogen) atoms. The molecule has 2 aliphatic rings. The molecule has 0 aliphatic heterocycles. The topological polar surface area (TPSA) is 52.0 Å². The zero-order valence-corrected chi connectivity index (χ0v) is 19.7. The maximum atomic E-state index is 6.42. The Morgan fingerprint density at radius 2 is 1.03 bits per heavy atom. The summed E-state index contributed by atoms with van der Waals surface area (Å²) in [5.74, 6) is 0. The molecule has 0 radical (unpaired) electrons. The summed E-state index contributed by atoms with van der Waals surface area (Å²) in [6, 6.07) is 31.4. The van der Waals surface area contributed by atoms with E-state index in [9.17, 15) is 0 Å². The molecule has 0 unspecified atom stereocenters. The molecule has 0 atom stereocenters. The summed E-state index contributed by atoms with van der Waals surface area (Å²) in [4.78, 5) is 0. The zero-order chi connectivity index (χ0) is 23.7. The molecule has 0 bridgehead atoms. The molecule has 4 N–H and O–H groups in total. The van der Waals surface area contributed by atoms with Gasteiger partial charge in [0.1, 0.15) is 0 Å². The average Bonchev–Trinajstić information content (AvgIpc) is 2.90. The highest BCUT2D eigenvalue weighted by Gasteiger charge is 2.26. The Balaban J connectivity index is 1.48. The second kappa shape index (κ2) is 6.16. The van der Waals surface area contributed by atoms with E-state index in [2.05, 4.69) is 72.8 Å². The van der Waals surface area contributed by atoms with Crippen LogP contribution in [0.25, 0.3) is 65.3 Å². The molecule has 2 aliphatic carbocycles. The number of hydrogen-bond acceptors (Lipinski definition) is 2. The fourth-order valence-corrected chi connectivity index (χ4v) is 7.22. The lowest BCUT2D eigenvalue weighted by Crippen LogP contribution is -2.06. The Morgan fingerprint density at radius 1 is 0.444 bits per heavy atom. The average molecular weight is 459 g/mol. The van der Waals surface area contributed by atoms with Gasteiger partial charge in [0, 0.05) is 17.8 Å². The molecule has 0 saturated heterocycles. The van der Waals surface area contributed by atoms with Crippen molar-refractivity contribution in [1.82, 2.24) is 0 Å². The highest BCUT2D eigenvalue weighted by molar-refractivity contribution is 6.36. The summed E-state index contributed by atoms with van der Waals surface area (Å²) in [5, 5.41) is 10.9. The molecule has 0 spiro atoms. The molecule has 7 aromatic rings. The summed E-state index contributed by atoms with van der Waals surface area (Å²) in [6.07, 6.45) is 1.83. The highest BCUT2D eigenvalue weighted by atomic mass is 14.6. The third-order valence-electron chi connectivity index (χ3n) is 8.75. The molecule has 0 aromatic heterocycles. The first-order valence-corrected chi connectivity index (χ1v) is 12.6. The Hall–Kier alpha value is -4.56. The van der Waals surface area contributed by atoms with Crippen LogP contribution in [0, 0.1) is 0 Å². The van der Waals surface area contributed by atoms with Crippen LogP contribution in [0.15, 0.2) is 84.9 Å². The second-order valence-corrected chi connectivity index (χ2v) is 10.5. The van der Waals surface area contributed by atoms with Crippen molar-refractivity contribution in [3.05, 3.63) is 107 Å². The summed E-state index contributed by atoms with van der Waals surface area (Å²) in [6.45, 7) is 0. The van der Waals surface area contributed by atoms with E-state index in [0.29, 0.717) is 0 Å². The lowest BCUT2D eigenvalue weighted by atomic mass is 9.77. The van der Waals surface area contributed by atoms with Crippen molar-refractivity contribution in [3.8, 4) is 22.3 Å². The summed E-state index contributed by atoms with van der Waals surface area (Å²) >= 11 is 0. The van der Waals surface area contributed by atoms with E-state index in [0.717, 1.165) is 24.2 Å². The predicted molar refractivity (Wildman–Crippen MR) is 153 cm³/mol. The van der Waals surface area contributed by atoms with Gasteiger partial charge in [-0.15, -0.1) is 0 Å². The second-order valence-electron chi connectivity index (χ2n) is 10.5. The molecule has 0 amide bonds. The summed E-state index contributed by atoms with van der Waals surface area (Å²) in [5.41, 5.74) is 24.9. The fourth-order valence-electron chi connectivity index (χ4n) is 7.22. The van der Waals surface area contributed by atoms with E-state index < -0.39 is 0 Å². The predicted octanol–water partition coefficient (Wildman–Crippen LogP) is 8.04. The van der Waals surface area contributed by atoms with E-state index in [-0.39, 0.29) is 0 Å². The summed E-state index contributed by atoms with van der Waals surface area (Å²) in [7, 11) is 0. The molecule has 2 nitrogen and oxygen atoms in total. The largest absolute Gasteiger partial charge is 0.399 e. The monoisotopic (exact) mass is 458 g/mol. The smallest absolute Gasteiger partial charge is 0.0356 e. The number of nitrogens with two attached hydrogens (primary N) is 2. The number of anilines is 2. The van der Waals surface area contributed by atoms with Crippen LogP contribution in [0.5, 0.6) is 0 Å². The van der Waals surface area contributed by atoms with Crippen molar-refractivity contribution in [3.63, 3.8) is 0 Å². The molecular weight excluding hydrogens is 436 g/mol. The normalized spacial score (nSPS) is 13.6. The van der Waals surface area contributed by atoms with Gasteiger partial charge in [-0.3, -0.25) is 0 Å². The van der Waals surface area contributed by atoms with E-state index in [4.69, 9.17) is 11.5 Å². The van der Waals surface area contributed by atoms with Gasteiger partial charge in [-0.2, -0.15) is 0 Å². The molecule has 0 fully saturated rings. The van der Waals surface area contributed by atoms with Gasteiger partial charge in [0.2, 0.25) is 0 Å². The number of nitrogen functional groups attached to an aromatic ring is 2. The minimum atomic E-state index is 0.822. The van der Waals surface area contributed by atoms with Crippen LogP contribution in [0.1, 0.15) is 22.3 Å². The standard InChI is InChI=1S/C34H22N2/c35-20-7-4-17-14-18-5-8-23-24-9-6-19-15-29-21(2-1-3-30(29)36)22-10-11-25(34(24)32(19)22)26-12-13-27(28(17)16-20)31(18)33(23)26/h1-13,16H,14-15,35-36H2. The van der Waals surface area contributed by atoms with Gasteiger partial charge >= 0.3 is 0 Å². The minimum absolute atomic E-state index is 0.822. The number of rotatable bonds is 0. The third-order valence-corrected chi connectivity index (χ3v) is 8.75. The molecule has 0 saturated carbocycles. The number of benzene rings is 7. The maximum Gasteiger partial charge on any atom is 0.0356 e. The van der Waals surface area contributed by atoms with E-state index >= 15 is 0 Å². The van der Waals surface area contributed by atoms with Crippen LogP contribution in [0.2, 0.25) is 0 Å². The zero-order valence-electron chi connectivity index (χ0n) is 19.7. The molecular formula is C34H22N2. The highest BCUT2D eigenvalue weighted by Crippen LogP contribution is 2.50. The van der Waals surface area contributed by atoms with E-state index in [1.54, 1.807) is 0 Å². The molecule has 9 rings (SSSR count). The van der Waals surface area contributed by atoms with E-state index in [1.807, 2.05) is 12.1 Å². The van der Waals surface area contributed by atoms with Crippen molar-refractivity contribution in [2.45, 2.75) is 12.8 Å². The molecule has 7 aromatic carbocycles. The van der Waals surface area contributed by atoms with Crippen LogP contribution in [-0.2, 0) is 12.8 Å². The van der Waals surface area contributed by atoms with Crippen LogP contribution in [0.4, 0.5) is 11.4 Å².